The maximum absolute atomic E-state index is 5.63. The summed E-state index contributed by atoms with van der Waals surface area (Å²) >= 11 is 0. The lowest BCUT2D eigenvalue weighted by Gasteiger charge is -2.39. The number of fused-ring (bicyclic) bond motifs is 3. The smallest absolute Gasteiger partial charge is 0.231 e. The fraction of sp³-hybridized carbons (Fsp3) is 0.647. The SMILES string of the molecule is c1c2c(cc3c1OCO3)[C@@H]1CCC[C@@]13CCCN3CC2. The van der Waals surface area contributed by atoms with E-state index >= 15 is 0 Å². The molecule has 1 aromatic carbocycles. The summed E-state index contributed by atoms with van der Waals surface area (Å²) < 4.78 is 11.2. The van der Waals surface area contributed by atoms with E-state index in [1.165, 1.54) is 57.2 Å². The highest BCUT2D eigenvalue weighted by atomic mass is 16.7. The number of hydrogen-bond acceptors (Lipinski definition) is 3. The summed E-state index contributed by atoms with van der Waals surface area (Å²) in [5.41, 5.74) is 3.55. The Morgan fingerprint density at radius 3 is 2.85 bits per heavy atom. The van der Waals surface area contributed by atoms with E-state index in [-0.39, 0.29) is 0 Å². The van der Waals surface area contributed by atoms with E-state index in [1.807, 2.05) is 0 Å². The number of ether oxygens (including phenoxy) is 2. The molecule has 0 unspecified atom stereocenters. The lowest BCUT2D eigenvalue weighted by atomic mass is 9.79. The standard InChI is InChI=1S/C17H21NO2/c1-3-14-13-10-16-15(19-11-20-16)9-12(13)4-8-18-7-2-6-17(14,18)5-1/h9-10,14H,1-8,11H2/t14-,17+/m0/s1. The molecule has 106 valence electrons. The summed E-state index contributed by atoms with van der Waals surface area (Å²) in [7, 11) is 0. The highest BCUT2D eigenvalue weighted by Crippen LogP contribution is 2.55. The van der Waals surface area contributed by atoms with Gasteiger partial charge in [-0.05, 0) is 61.9 Å². The van der Waals surface area contributed by atoms with Gasteiger partial charge in [0, 0.05) is 18.0 Å². The van der Waals surface area contributed by atoms with Gasteiger partial charge in [0.2, 0.25) is 6.79 Å². The molecule has 3 heteroatoms. The second-order valence-electron chi connectivity index (χ2n) is 6.79. The van der Waals surface area contributed by atoms with Crippen molar-refractivity contribution in [1.82, 2.24) is 4.90 Å². The first-order valence-corrected chi connectivity index (χ1v) is 8.04. The van der Waals surface area contributed by atoms with Crippen molar-refractivity contribution in [3.05, 3.63) is 23.3 Å². The molecule has 4 aliphatic rings. The Labute approximate surface area is 119 Å². The van der Waals surface area contributed by atoms with E-state index in [9.17, 15) is 0 Å². The van der Waals surface area contributed by atoms with Crippen molar-refractivity contribution >= 4 is 0 Å². The number of hydrogen-bond donors (Lipinski definition) is 0. The van der Waals surface area contributed by atoms with Gasteiger partial charge in [-0.25, -0.2) is 0 Å². The van der Waals surface area contributed by atoms with Crippen LogP contribution in [0.25, 0.3) is 0 Å². The Morgan fingerprint density at radius 1 is 1.05 bits per heavy atom. The molecule has 2 atom stereocenters. The molecule has 20 heavy (non-hydrogen) atoms. The van der Waals surface area contributed by atoms with Crippen molar-refractivity contribution in [2.24, 2.45) is 0 Å². The van der Waals surface area contributed by atoms with Crippen molar-refractivity contribution in [3.63, 3.8) is 0 Å². The number of benzene rings is 1. The Bertz CT molecular complexity index is 566. The summed E-state index contributed by atoms with van der Waals surface area (Å²) in [6.45, 7) is 2.92. The van der Waals surface area contributed by atoms with Crippen LogP contribution in [-0.2, 0) is 6.42 Å². The highest BCUT2D eigenvalue weighted by molar-refractivity contribution is 5.51. The fourth-order valence-corrected chi connectivity index (χ4v) is 5.27. The fourth-order valence-electron chi connectivity index (χ4n) is 5.27. The first kappa shape index (κ1) is 11.4. The molecule has 3 aliphatic heterocycles. The van der Waals surface area contributed by atoms with Crippen molar-refractivity contribution in [1.29, 1.82) is 0 Å². The van der Waals surface area contributed by atoms with Gasteiger partial charge in [-0.15, -0.1) is 0 Å². The molecule has 5 rings (SSSR count). The predicted octanol–water partition coefficient (Wildman–Crippen LogP) is 3.07. The molecule has 1 aliphatic carbocycles. The summed E-state index contributed by atoms with van der Waals surface area (Å²) in [5.74, 6) is 2.65. The Balaban J connectivity index is 1.68. The lowest BCUT2D eigenvalue weighted by Crippen LogP contribution is -2.45. The van der Waals surface area contributed by atoms with Crippen LogP contribution in [0.5, 0.6) is 11.5 Å². The van der Waals surface area contributed by atoms with Crippen molar-refractivity contribution in [3.8, 4) is 11.5 Å². The van der Waals surface area contributed by atoms with Crippen LogP contribution in [0.4, 0.5) is 0 Å². The third-order valence-corrected chi connectivity index (χ3v) is 6.08. The number of rotatable bonds is 0. The zero-order valence-corrected chi connectivity index (χ0v) is 11.9. The van der Waals surface area contributed by atoms with Gasteiger partial charge in [0.25, 0.3) is 0 Å². The van der Waals surface area contributed by atoms with E-state index in [4.69, 9.17) is 9.47 Å². The van der Waals surface area contributed by atoms with E-state index in [2.05, 4.69) is 17.0 Å². The van der Waals surface area contributed by atoms with Gasteiger partial charge >= 0.3 is 0 Å². The molecule has 1 spiro atoms. The van der Waals surface area contributed by atoms with Gasteiger partial charge < -0.3 is 9.47 Å². The van der Waals surface area contributed by atoms with Crippen LogP contribution < -0.4 is 9.47 Å². The average Bonchev–Trinajstić information content (AvgIpc) is 3.16. The largest absolute Gasteiger partial charge is 0.454 e. The summed E-state index contributed by atoms with van der Waals surface area (Å²) in [6.07, 6.45) is 8.08. The van der Waals surface area contributed by atoms with Crippen LogP contribution in [0.1, 0.15) is 49.1 Å². The molecule has 0 amide bonds. The Kier molecular flexibility index (Phi) is 2.24. The van der Waals surface area contributed by atoms with Crippen molar-refractivity contribution in [2.75, 3.05) is 19.9 Å². The van der Waals surface area contributed by atoms with Gasteiger partial charge in [-0.3, -0.25) is 4.90 Å². The first-order valence-electron chi connectivity index (χ1n) is 8.04. The van der Waals surface area contributed by atoms with Crippen LogP contribution in [-0.4, -0.2) is 30.3 Å². The monoisotopic (exact) mass is 271 g/mol. The van der Waals surface area contributed by atoms with Crippen LogP contribution >= 0.6 is 0 Å². The maximum atomic E-state index is 5.63. The third-order valence-electron chi connectivity index (χ3n) is 6.08. The third kappa shape index (κ3) is 1.34. The molecular formula is C17H21NO2. The van der Waals surface area contributed by atoms with Crippen LogP contribution in [0.2, 0.25) is 0 Å². The van der Waals surface area contributed by atoms with Gasteiger partial charge in [0.1, 0.15) is 0 Å². The first-order chi connectivity index (χ1) is 9.87. The molecule has 0 radical (unpaired) electrons. The summed E-state index contributed by atoms with van der Waals surface area (Å²) in [6, 6.07) is 4.56. The highest BCUT2D eigenvalue weighted by Gasteiger charge is 2.51. The molecule has 3 heterocycles. The second kappa shape index (κ2) is 3.91. The number of nitrogens with zero attached hydrogens (tertiary/aromatic N) is 1. The summed E-state index contributed by atoms with van der Waals surface area (Å²) in [4.78, 5) is 2.80. The summed E-state index contributed by atoms with van der Waals surface area (Å²) in [5, 5.41) is 0. The molecular weight excluding hydrogens is 250 g/mol. The van der Waals surface area contributed by atoms with E-state index < -0.39 is 0 Å². The minimum absolute atomic E-state index is 0.389. The average molecular weight is 271 g/mol. The van der Waals surface area contributed by atoms with Crippen LogP contribution in [0.15, 0.2) is 12.1 Å². The minimum Gasteiger partial charge on any atom is -0.454 e. The minimum atomic E-state index is 0.389. The molecule has 0 N–H and O–H groups in total. The quantitative estimate of drug-likeness (QED) is 0.724. The molecule has 2 fully saturated rings. The van der Waals surface area contributed by atoms with Gasteiger partial charge in [0.15, 0.2) is 11.5 Å². The van der Waals surface area contributed by atoms with Gasteiger partial charge in [0.05, 0.1) is 0 Å². The second-order valence-corrected chi connectivity index (χ2v) is 6.79. The topological polar surface area (TPSA) is 21.7 Å². The molecule has 1 saturated heterocycles. The zero-order chi connectivity index (χ0) is 13.2. The van der Waals surface area contributed by atoms with Crippen molar-refractivity contribution < 1.29 is 9.47 Å². The molecule has 1 aromatic rings. The lowest BCUT2D eigenvalue weighted by molar-refractivity contribution is 0.132. The normalized spacial score (nSPS) is 34.5. The molecule has 3 nitrogen and oxygen atoms in total. The molecule has 0 bridgehead atoms. The van der Waals surface area contributed by atoms with Gasteiger partial charge in [-0.1, -0.05) is 6.42 Å². The van der Waals surface area contributed by atoms with E-state index in [1.54, 1.807) is 5.56 Å². The van der Waals surface area contributed by atoms with E-state index in [0.29, 0.717) is 12.3 Å². The van der Waals surface area contributed by atoms with Crippen LogP contribution in [0, 0.1) is 0 Å². The van der Waals surface area contributed by atoms with Crippen molar-refractivity contribution in [2.45, 2.75) is 50.0 Å². The maximum Gasteiger partial charge on any atom is 0.231 e. The van der Waals surface area contributed by atoms with E-state index in [0.717, 1.165) is 17.4 Å². The van der Waals surface area contributed by atoms with Crippen LogP contribution in [0.3, 0.4) is 0 Å². The Morgan fingerprint density at radius 2 is 1.90 bits per heavy atom. The predicted molar refractivity (Wildman–Crippen MR) is 76.4 cm³/mol. The Hall–Kier alpha value is -1.22. The van der Waals surface area contributed by atoms with Gasteiger partial charge in [-0.2, -0.15) is 0 Å². The molecule has 0 aromatic heterocycles. The zero-order valence-electron chi connectivity index (χ0n) is 11.9. The molecule has 1 saturated carbocycles.